The van der Waals surface area contributed by atoms with Gasteiger partial charge in [0, 0.05) is 16.1 Å². The summed E-state index contributed by atoms with van der Waals surface area (Å²) < 4.78 is 6.08. The van der Waals surface area contributed by atoms with E-state index >= 15 is 0 Å². The minimum atomic E-state index is -0.166. The molecule has 1 saturated carbocycles. The quantitative estimate of drug-likeness (QED) is 0.808. The van der Waals surface area contributed by atoms with Crippen LogP contribution in [0.4, 0.5) is 0 Å². The van der Waals surface area contributed by atoms with E-state index in [0.717, 1.165) is 27.4 Å². The number of H-pyrrole nitrogens is 1. The maximum absolute atomic E-state index is 12.3. The van der Waals surface area contributed by atoms with E-state index in [2.05, 4.69) is 27.0 Å². The molecule has 1 atom stereocenters. The van der Waals surface area contributed by atoms with Crippen LogP contribution < -0.4 is 0 Å². The van der Waals surface area contributed by atoms with Gasteiger partial charge in [-0.1, -0.05) is 37.8 Å². The maximum atomic E-state index is 12.3. The number of aromatic nitrogens is 1. The molecule has 0 bridgehead atoms. The van der Waals surface area contributed by atoms with Crippen molar-refractivity contribution in [3.8, 4) is 0 Å². The lowest BCUT2D eigenvalue weighted by molar-refractivity contribution is -0.142. The second-order valence-electron chi connectivity index (χ2n) is 5.87. The minimum Gasteiger partial charge on any atom is -0.469 e. The lowest BCUT2D eigenvalue weighted by Gasteiger charge is -2.18. The summed E-state index contributed by atoms with van der Waals surface area (Å²) in [6, 6.07) is 6.08. The van der Waals surface area contributed by atoms with E-state index in [9.17, 15) is 4.79 Å². The molecule has 0 amide bonds. The Hall–Kier alpha value is -1.29. The summed E-state index contributed by atoms with van der Waals surface area (Å²) in [5.41, 5.74) is 2.11. The Morgan fingerprint density at radius 3 is 2.90 bits per heavy atom. The van der Waals surface area contributed by atoms with E-state index in [1.807, 2.05) is 18.3 Å². The zero-order valence-corrected chi connectivity index (χ0v) is 13.8. The van der Waals surface area contributed by atoms with Gasteiger partial charge < -0.3 is 9.72 Å². The molecule has 2 aromatic rings. The average Bonchev–Trinajstić information content (AvgIpc) is 3.14. The Morgan fingerprint density at radius 1 is 1.43 bits per heavy atom. The van der Waals surface area contributed by atoms with Crippen molar-refractivity contribution in [3.63, 3.8) is 0 Å². The molecule has 3 rings (SSSR count). The number of methoxy groups -OCH3 is 1. The van der Waals surface area contributed by atoms with Gasteiger partial charge in [0.15, 0.2) is 0 Å². The highest BCUT2D eigenvalue weighted by Crippen LogP contribution is 2.38. The highest BCUT2D eigenvalue weighted by Gasteiger charge is 2.29. The number of benzene rings is 1. The molecule has 1 heterocycles. The third-order valence-corrected chi connectivity index (χ3v) is 5.26. The van der Waals surface area contributed by atoms with Gasteiger partial charge in [-0.05, 0) is 39.9 Å². The summed E-state index contributed by atoms with van der Waals surface area (Å²) >= 11 is 3.55. The number of hydrogen-bond acceptors (Lipinski definition) is 2. The first-order valence-corrected chi connectivity index (χ1v) is 8.33. The molecule has 1 fully saturated rings. The molecule has 4 heteroatoms. The van der Waals surface area contributed by atoms with Crippen molar-refractivity contribution in [3.05, 3.63) is 34.4 Å². The third kappa shape index (κ3) is 2.86. The van der Waals surface area contributed by atoms with Crippen molar-refractivity contribution in [1.29, 1.82) is 0 Å². The van der Waals surface area contributed by atoms with Crippen molar-refractivity contribution in [2.75, 3.05) is 7.11 Å². The molecule has 1 aromatic carbocycles. The van der Waals surface area contributed by atoms with E-state index in [1.165, 1.54) is 32.8 Å². The molecule has 21 heavy (non-hydrogen) atoms. The van der Waals surface area contributed by atoms with Crippen molar-refractivity contribution >= 4 is 32.8 Å². The molecule has 1 aliphatic rings. The van der Waals surface area contributed by atoms with Crippen LogP contribution in [0.1, 0.15) is 43.6 Å². The number of halogens is 1. The summed E-state index contributed by atoms with van der Waals surface area (Å²) in [5.74, 6) is 0.357. The molecule has 1 aliphatic carbocycles. The average molecular weight is 350 g/mol. The molecule has 0 aliphatic heterocycles. The van der Waals surface area contributed by atoms with Crippen LogP contribution in [0.2, 0.25) is 0 Å². The van der Waals surface area contributed by atoms with Crippen LogP contribution in [0.15, 0.2) is 28.9 Å². The summed E-state index contributed by atoms with van der Waals surface area (Å²) in [4.78, 5) is 15.6. The predicted molar refractivity (Wildman–Crippen MR) is 87.3 cm³/mol. The van der Waals surface area contributed by atoms with E-state index in [0.29, 0.717) is 5.92 Å². The van der Waals surface area contributed by atoms with Crippen LogP contribution in [0, 0.1) is 5.92 Å². The SMILES string of the molecule is COC(=O)C(CC1CCCC1)c1c[nH]c2c(Br)cccc12. The molecule has 1 aromatic heterocycles. The third-order valence-electron chi connectivity index (χ3n) is 4.60. The highest BCUT2D eigenvalue weighted by atomic mass is 79.9. The lowest BCUT2D eigenvalue weighted by Crippen LogP contribution is -2.17. The second kappa shape index (κ2) is 6.22. The van der Waals surface area contributed by atoms with E-state index in [-0.39, 0.29) is 11.9 Å². The molecular weight excluding hydrogens is 330 g/mol. The zero-order valence-electron chi connectivity index (χ0n) is 12.2. The first-order chi connectivity index (χ1) is 10.2. The number of nitrogens with one attached hydrogen (secondary N) is 1. The normalized spacial score (nSPS) is 17.2. The number of ether oxygens (including phenoxy) is 1. The summed E-state index contributed by atoms with van der Waals surface area (Å²) in [7, 11) is 1.48. The molecule has 3 nitrogen and oxygen atoms in total. The first-order valence-electron chi connectivity index (χ1n) is 7.54. The summed E-state index contributed by atoms with van der Waals surface area (Å²) in [6.07, 6.45) is 7.91. The van der Waals surface area contributed by atoms with Gasteiger partial charge in [-0.2, -0.15) is 0 Å². The van der Waals surface area contributed by atoms with Gasteiger partial charge in [0.05, 0.1) is 18.5 Å². The Bertz CT molecular complexity index is 643. The Kier molecular flexibility index (Phi) is 4.34. The Labute approximate surface area is 133 Å². The van der Waals surface area contributed by atoms with Crippen LogP contribution in [0.3, 0.4) is 0 Å². The molecule has 1 unspecified atom stereocenters. The van der Waals surface area contributed by atoms with Gasteiger partial charge in [-0.3, -0.25) is 4.79 Å². The van der Waals surface area contributed by atoms with Crippen LogP contribution in [0.25, 0.3) is 10.9 Å². The van der Waals surface area contributed by atoms with E-state index < -0.39 is 0 Å². The van der Waals surface area contributed by atoms with Gasteiger partial charge in [-0.15, -0.1) is 0 Å². The van der Waals surface area contributed by atoms with Crippen LogP contribution >= 0.6 is 15.9 Å². The van der Waals surface area contributed by atoms with Gasteiger partial charge in [0.25, 0.3) is 0 Å². The number of hydrogen-bond donors (Lipinski definition) is 1. The fraction of sp³-hybridized carbons (Fsp3) is 0.471. The van der Waals surface area contributed by atoms with Crippen molar-refractivity contribution in [1.82, 2.24) is 4.98 Å². The Balaban J connectivity index is 1.97. The fourth-order valence-electron chi connectivity index (χ4n) is 3.50. The molecule has 0 radical (unpaired) electrons. The van der Waals surface area contributed by atoms with Crippen LogP contribution in [-0.2, 0) is 9.53 Å². The van der Waals surface area contributed by atoms with Gasteiger partial charge in [0.1, 0.15) is 0 Å². The van der Waals surface area contributed by atoms with Gasteiger partial charge in [0.2, 0.25) is 0 Å². The van der Waals surface area contributed by atoms with Crippen molar-refractivity contribution < 1.29 is 9.53 Å². The Morgan fingerprint density at radius 2 is 2.19 bits per heavy atom. The molecule has 112 valence electrons. The van der Waals surface area contributed by atoms with Gasteiger partial charge in [-0.25, -0.2) is 0 Å². The molecule has 0 saturated heterocycles. The molecular formula is C17H20BrNO2. The van der Waals surface area contributed by atoms with Gasteiger partial charge >= 0.3 is 5.97 Å². The van der Waals surface area contributed by atoms with Crippen molar-refractivity contribution in [2.24, 2.45) is 5.92 Å². The number of aromatic amines is 1. The standard InChI is InChI=1S/C17H20BrNO2/c1-21-17(20)13(9-11-5-2-3-6-11)14-10-19-16-12(14)7-4-8-15(16)18/h4,7-8,10-11,13,19H,2-3,5-6,9H2,1H3. The van der Waals surface area contributed by atoms with Crippen molar-refractivity contribution in [2.45, 2.75) is 38.0 Å². The van der Waals surface area contributed by atoms with Crippen LogP contribution in [-0.4, -0.2) is 18.1 Å². The maximum Gasteiger partial charge on any atom is 0.313 e. The largest absolute Gasteiger partial charge is 0.469 e. The second-order valence-corrected chi connectivity index (χ2v) is 6.72. The number of carbonyl (C=O) groups is 1. The monoisotopic (exact) mass is 349 g/mol. The lowest BCUT2D eigenvalue weighted by atomic mass is 9.88. The summed E-state index contributed by atoms with van der Waals surface area (Å²) in [5, 5.41) is 1.11. The first kappa shape index (κ1) is 14.6. The predicted octanol–water partition coefficient (Wildman–Crippen LogP) is 4.77. The van der Waals surface area contributed by atoms with E-state index in [4.69, 9.17) is 4.74 Å². The smallest absolute Gasteiger partial charge is 0.313 e. The topological polar surface area (TPSA) is 42.1 Å². The number of rotatable bonds is 4. The minimum absolute atomic E-state index is 0.122. The fourth-order valence-corrected chi connectivity index (χ4v) is 3.98. The highest BCUT2D eigenvalue weighted by molar-refractivity contribution is 9.10. The molecule has 0 spiro atoms. The van der Waals surface area contributed by atoms with E-state index in [1.54, 1.807) is 0 Å². The zero-order chi connectivity index (χ0) is 14.8. The number of fused-ring (bicyclic) bond motifs is 1. The number of esters is 1. The number of carbonyl (C=O) groups excluding carboxylic acids is 1. The number of para-hydroxylation sites is 1. The summed E-state index contributed by atoms with van der Waals surface area (Å²) in [6.45, 7) is 0. The molecule has 1 N–H and O–H groups in total. The van der Waals surface area contributed by atoms with Crippen LogP contribution in [0.5, 0.6) is 0 Å².